The third-order valence-corrected chi connectivity index (χ3v) is 5.01. The Balaban J connectivity index is 1.72. The van der Waals surface area contributed by atoms with Crippen molar-refractivity contribution in [1.82, 2.24) is 4.90 Å². The lowest BCUT2D eigenvalue weighted by Gasteiger charge is -2.25. The lowest BCUT2D eigenvalue weighted by atomic mass is 9.89. The second-order valence-corrected chi connectivity index (χ2v) is 7.63. The predicted octanol–water partition coefficient (Wildman–Crippen LogP) is 3.85. The average Bonchev–Trinajstić information content (AvgIpc) is 2.80. The summed E-state index contributed by atoms with van der Waals surface area (Å²) in [6.07, 6.45) is 6.21. The normalized spacial score (nSPS) is 18.0. The molecule has 0 aromatic heterocycles. The molecule has 1 N–H and O–H groups in total. The summed E-state index contributed by atoms with van der Waals surface area (Å²) < 4.78 is 0. The molecular weight excluding hydrogens is 316 g/mol. The van der Waals surface area contributed by atoms with Crippen LogP contribution in [0.3, 0.4) is 0 Å². The summed E-state index contributed by atoms with van der Waals surface area (Å²) in [4.78, 5) is 38.6. The number of carbonyl (C=O) groups is 3. The lowest BCUT2D eigenvalue weighted by molar-refractivity contribution is -0.116. The fourth-order valence-electron chi connectivity index (χ4n) is 3.75. The molecule has 0 spiro atoms. The van der Waals surface area contributed by atoms with Crippen LogP contribution in [0.5, 0.6) is 0 Å². The molecule has 1 aliphatic carbocycles. The third-order valence-electron chi connectivity index (χ3n) is 5.01. The standard InChI is InChI=1S/C20H26N2O3/c1-13(2)10-18(23)21-15-8-9-16-17(11-15)20(25)22(19(16)24)12-14-6-4-3-5-7-14/h8-9,11,13-14H,3-7,10,12H2,1-2H3,(H,21,23). The number of benzene rings is 1. The van der Waals surface area contributed by atoms with Crippen LogP contribution >= 0.6 is 0 Å². The average molecular weight is 342 g/mol. The number of amides is 3. The maximum atomic E-state index is 12.7. The van der Waals surface area contributed by atoms with Crippen LogP contribution in [0.4, 0.5) is 5.69 Å². The van der Waals surface area contributed by atoms with Gasteiger partial charge in [-0.15, -0.1) is 0 Å². The van der Waals surface area contributed by atoms with E-state index in [9.17, 15) is 14.4 Å². The molecule has 3 amide bonds. The van der Waals surface area contributed by atoms with Gasteiger partial charge in [0.15, 0.2) is 0 Å². The van der Waals surface area contributed by atoms with Crippen molar-refractivity contribution < 1.29 is 14.4 Å². The Morgan fingerprint density at radius 1 is 1.12 bits per heavy atom. The number of rotatable bonds is 5. The highest BCUT2D eigenvalue weighted by Gasteiger charge is 2.37. The molecular formula is C20H26N2O3. The summed E-state index contributed by atoms with van der Waals surface area (Å²) in [5.41, 5.74) is 1.43. The summed E-state index contributed by atoms with van der Waals surface area (Å²) in [5, 5.41) is 2.81. The minimum atomic E-state index is -0.231. The van der Waals surface area contributed by atoms with Gasteiger partial charge < -0.3 is 5.32 Å². The third kappa shape index (κ3) is 3.91. The molecule has 5 nitrogen and oxygen atoms in total. The Morgan fingerprint density at radius 3 is 2.48 bits per heavy atom. The van der Waals surface area contributed by atoms with E-state index in [4.69, 9.17) is 0 Å². The molecule has 1 aromatic carbocycles. The van der Waals surface area contributed by atoms with Crippen LogP contribution < -0.4 is 5.32 Å². The van der Waals surface area contributed by atoms with Gasteiger partial charge in [0.25, 0.3) is 11.8 Å². The molecule has 0 atom stereocenters. The van der Waals surface area contributed by atoms with Gasteiger partial charge in [-0.1, -0.05) is 33.1 Å². The zero-order valence-electron chi connectivity index (χ0n) is 15.0. The van der Waals surface area contributed by atoms with Crippen molar-refractivity contribution in [2.75, 3.05) is 11.9 Å². The largest absolute Gasteiger partial charge is 0.326 e. The molecule has 0 bridgehead atoms. The van der Waals surface area contributed by atoms with Gasteiger partial charge in [0.1, 0.15) is 0 Å². The molecule has 2 aliphatic rings. The van der Waals surface area contributed by atoms with Crippen LogP contribution in [0.25, 0.3) is 0 Å². The van der Waals surface area contributed by atoms with E-state index in [1.54, 1.807) is 18.2 Å². The first-order chi connectivity index (χ1) is 12.0. The zero-order chi connectivity index (χ0) is 18.0. The van der Waals surface area contributed by atoms with Gasteiger partial charge >= 0.3 is 0 Å². The molecule has 1 aromatic rings. The van der Waals surface area contributed by atoms with Crippen LogP contribution in [0.1, 0.15) is 73.1 Å². The molecule has 25 heavy (non-hydrogen) atoms. The number of hydrogen-bond donors (Lipinski definition) is 1. The fraction of sp³-hybridized carbons (Fsp3) is 0.550. The summed E-state index contributed by atoms with van der Waals surface area (Å²) in [5.74, 6) is 0.173. The number of hydrogen-bond acceptors (Lipinski definition) is 3. The molecule has 1 aliphatic heterocycles. The van der Waals surface area contributed by atoms with Crippen molar-refractivity contribution in [2.24, 2.45) is 11.8 Å². The maximum Gasteiger partial charge on any atom is 0.261 e. The lowest BCUT2D eigenvalue weighted by Crippen LogP contribution is -2.35. The number of fused-ring (bicyclic) bond motifs is 1. The Kier molecular flexibility index (Phi) is 5.21. The molecule has 1 saturated carbocycles. The van der Waals surface area contributed by atoms with E-state index >= 15 is 0 Å². The van der Waals surface area contributed by atoms with Crippen molar-refractivity contribution in [3.05, 3.63) is 29.3 Å². The summed E-state index contributed by atoms with van der Waals surface area (Å²) in [6.45, 7) is 4.47. The van der Waals surface area contributed by atoms with E-state index in [-0.39, 0.29) is 23.6 Å². The van der Waals surface area contributed by atoms with E-state index < -0.39 is 0 Å². The Morgan fingerprint density at radius 2 is 1.80 bits per heavy atom. The Hall–Kier alpha value is -2.17. The molecule has 0 radical (unpaired) electrons. The first kappa shape index (κ1) is 17.6. The molecule has 3 rings (SSSR count). The van der Waals surface area contributed by atoms with Crippen LogP contribution in [0.2, 0.25) is 0 Å². The summed E-state index contributed by atoms with van der Waals surface area (Å²) in [6, 6.07) is 4.99. The molecule has 1 heterocycles. The smallest absolute Gasteiger partial charge is 0.261 e. The predicted molar refractivity (Wildman–Crippen MR) is 96.5 cm³/mol. The van der Waals surface area contributed by atoms with Crippen LogP contribution in [0, 0.1) is 11.8 Å². The summed E-state index contributed by atoms with van der Waals surface area (Å²) >= 11 is 0. The van der Waals surface area contributed by atoms with Crippen LogP contribution in [-0.2, 0) is 4.79 Å². The highest BCUT2D eigenvalue weighted by atomic mass is 16.2. The quantitative estimate of drug-likeness (QED) is 0.827. The summed E-state index contributed by atoms with van der Waals surface area (Å²) in [7, 11) is 0. The van der Waals surface area contributed by atoms with Crippen molar-refractivity contribution in [3.8, 4) is 0 Å². The Labute approximate surface area is 148 Å². The van der Waals surface area contributed by atoms with E-state index in [2.05, 4.69) is 5.32 Å². The van der Waals surface area contributed by atoms with Gasteiger partial charge in [-0.3, -0.25) is 19.3 Å². The van der Waals surface area contributed by atoms with Gasteiger partial charge in [0, 0.05) is 18.7 Å². The van der Waals surface area contributed by atoms with Crippen molar-refractivity contribution in [1.29, 1.82) is 0 Å². The molecule has 0 saturated heterocycles. The van der Waals surface area contributed by atoms with Crippen LogP contribution in [0.15, 0.2) is 18.2 Å². The second kappa shape index (κ2) is 7.38. The molecule has 5 heteroatoms. The maximum absolute atomic E-state index is 12.7. The van der Waals surface area contributed by atoms with Gasteiger partial charge in [-0.05, 0) is 42.9 Å². The van der Waals surface area contributed by atoms with Gasteiger partial charge in [-0.2, -0.15) is 0 Å². The van der Waals surface area contributed by atoms with Crippen molar-refractivity contribution in [3.63, 3.8) is 0 Å². The van der Waals surface area contributed by atoms with E-state index in [0.29, 0.717) is 35.7 Å². The zero-order valence-corrected chi connectivity index (χ0v) is 15.0. The van der Waals surface area contributed by atoms with Gasteiger partial charge in [0.2, 0.25) is 5.91 Å². The minimum Gasteiger partial charge on any atom is -0.326 e. The van der Waals surface area contributed by atoms with E-state index in [0.717, 1.165) is 12.8 Å². The molecule has 1 fully saturated rings. The second-order valence-electron chi connectivity index (χ2n) is 7.63. The van der Waals surface area contributed by atoms with Gasteiger partial charge in [0.05, 0.1) is 11.1 Å². The molecule has 0 unspecified atom stereocenters. The number of nitrogens with zero attached hydrogens (tertiary/aromatic N) is 1. The SMILES string of the molecule is CC(C)CC(=O)Nc1ccc2c(c1)C(=O)N(CC1CCCCC1)C2=O. The number of imide groups is 1. The van der Waals surface area contributed by atoms with E-state index in [1.807, 2.05) is 13.8 Å². The van der Waals surface area contributed by atoms with Gasteiger partial charge in [-0.25, -0.2) is 0 Å². The van der Waals surface area contributed by atoms with Crippen LogP contribution in [-0.4, -0.2) is 29.2 Å². The van der Waals surface area contributed by atoms with Crippen molar-refractivity contribution in [2.45, 2.75) is 52.4 Å². The topological polar surface area (TPSA) is 66.5 Å². The highest BCUT2D eigenvalue weighted by Crippen LogP contribution is 2.30. The number of carbonyl (C=O) groups excluding carboxylic acids is 3. The number of anilines is 1. The van der Waals surface area contributed by atoms with Crippen molar-refractivity contribution >= 4 is 23.4 Å². The fourth-order valence-corrected chi connectivity index (χ4v) is 3.75. The Bertz CT molecular complexity index is 690. The minimum absolute atomic E-state index is 0.0780. The molecule has 134 valence electrons. The van der Waals surface area contributed by atoms with E-state index in [1.165, 1.54) is 24.2 Å². The highest BCUT2D eigenvalue weighted by molar-refractivity contribution is 6.21. The first-order valence-electron chi connectivity index (χ1n) is 9.26. The first-order valence-corrected chi connectivity index (χ1v) is 9.26. The monoisotopic (exact) mass is 342 g/mol. The number of nitrogens with one attached hydrogen (secondary N) is 1.